The molecule has 0 spiro atoms. The summed E-state index contributed by atoms with van der Waals surface area (Å²) in [5.74, 6) is 0.486. The van der Waals surface area contributed by atoms with Crippen LogP contribution in [0, 0.1) is 6.92 Å². The van der Waals surface area contributed by atoms with E-state index in [2.05, 4.69) is 51.4 Å². The van der Waals surface area contributed by atoms with Crippen LogP contribution >= 0.6 is 0 Å². The van der Waals surface area contributed by atoms with Crippen molar-refractivity contribution in [3.8, 4) is 0 Å². The van der Waals surface area contributed by atoms with E-state index in [-0.39, 0.29) is 5.91 Å². The van der Waals surface area contributed by atoms with Crippen molar-refractivity contribution in [1.82, 2.24) is 14.9 Å². The number of hydrogen-bond donors (Lipinski definition) is 1. The molecule has 0 bridgehead atoms. The highest BCUT2D eigenvalue weighted by atomic mass is 16.5. The van der Waals surface area contributed by atoms with Gasteiger partial charge in [-0.2, -0.15) is 0 Å². The first kappa shape index (κ1) is 18.1. The Balaban J connectivity index is 1.54. The summed E-state index contributed by atoms with van der Waals surface area (Å²) in [4.78, 5) is 25.2. The number of benzene rings is 1. The first-order valence-corrected chi connectivity index (χ1v) is 8.83. The molecule has 2 aromatic rings. The number of amides is 1. The van der Waals surface area contributed by atoms with E-state index < -0.39 is 0 Å². The SMILES string of the molecule is COCCNc1ncc(C(=O)N2CCN(c3cccc(C)c3)CC2)cn1. The summed E-state index contributed by atoms with van der Waals surface area (Å²) in [7, 11) is 1.64. The Morgan fingerprint density at radius 1 is 1.19 bits per heavy atom. The van der Waals surface area contributed by atoms with Crippen LogP contribution in [0.15, 0.2) is 36.7 Å². The number of anilines is 2. The van der Waals surface area contributed by atoms with Gasteiger partial charge in [0.25, 0.3) is 5.91 Å². The third kappa shape index (κ3) is 4.49. The number of carbonyl (C=O) groups excluding carboxylic acids is 1. The smallest absolute Gasteiger partial charge is 0.257 e. The molecule has 1 aromatic heterocycles. The number of ether oxygens (including phenoxy) is 1. The lowest BCUT2D eigenvalue weighted by Gasteiger charge is -2.36. The van der Waals surface area contributed by atoms with Gasteiger partial charge in [0.1, 0.15) is 0 Å². The van der Waals surface area contributed by atoms with Gasteiger partial charge in [0.15, 0.2) is 0 Å². The van der Waals surface area contributed by atoms with Gasteiger partial charge in [-0.3, -0.25) is 4.79 Å². The van der Waals surface area contributed by atoms with E-state index in [4.69, 9.17) is 4.74 Å². The third-order valence-corrected chi connectivity index (χ3v) is 4.42. The maximum absolute atomic E-state index is 12.7. The van der Waals surface area contributed by atoms with E-state index in [1.165, 1.54) is 11.3 Å². The molecule has 0 unspecified atom stereocenters. The molecule has 138 valence electrons. The molecule has 26 heavy (non-hydrogen) atoms. The molecule has 2 heterocycles. The van der Waals surface area contributed by atoms with Crippen molar-refractivity contribution in [3.63, 3.8) is 0 Å². The zero-order valence-electron chi connectivity index (χ0n) is 15.3. The number of aryl methyl sites for hydroxylation is 1. The highest BCUT2D eigenvalue weighted by molar-refractivity contribution is 5.93. The zero-order valence-corrected chi connectivity index (χ0v) is 15.3. The van der Waals surface area contributed by atoms with E-state index in [9.17, 15) is 4.79 Å². The Morgan fingerprint density at radius 3 is 2.58 bits per heavy atom. The van der Waals surface area contributed by atoms with Crippen LogP contribution in [0.3, 0.4) is 0 Å². The number of piperazine rings is 1. The predicted octanol–water partition coefficient (Wildman–Crippen LogP) is 1.81. The molecule has 7 heteroatoms. The number of carbonyl (C=O) groups is 1. The lowest BCUT2D eigenvalue weighted by atomic mass is 10.2. The van der Waals surface area contributed by atoms with E-state index in [1.54, 1.807) is 19.5 Å². The number of nitrogens with zero attached hydrogens (tertiary/aromatic N) is 4. The van der Waals surface area contributed by atoms with Crippen molar-refractivity contribution in [3.05, 3.63) is 47.8 Å². The van der Waals surface area contributed by atoms with E-state index in [0.717, 1.165) is 13.1 Å². The van der Waals surface area contributed by atoms with Crippen LogP contribution in [-0.4, -0.2) is 67.2 Å². The molecule has 0 saturated carbocycles. The number of methoxy groups -OCH3 is 1. The lowest BCUT2D eigenvalue weighted by molar-refractivity contribution is 0.0746. The summed E-state index contributed by atoms with van der Waals surface area (Å²) < 4.78 is 4.97. The second kappa shape index (κ2) is 8.62. The van der Waals surface area contributed by atoms with E-state index in [1.807, 2.05) is 4.90 Å². The van der Waals surface area contributed by atoms with Crippen molar-refractivity contribution in [2.45, 2.75) is 6.92 Å². The summed E-state index contributed by atoms with van der Waals surface area (Å²) in [6, 6.07) is 8.47. The maximum atomic E-state index is 12.7. The predicted molar refractivity (Wildman–Crippen MR) is 102 cm³/mol. The largest absolute Gasteiger partial charge is 0.383 e. The molecule has 1 amide bonds. The Kier molecular flexibility index (Phi) is 6.01. The van der Waals surface area contributed by atoms with Crippen LogP contribution in [-0.2, 0) is 4.74 Å². The minimum absolute atomic E-state index is 0.0164. The van der Waals surface area contributed by atoms with Crippen molar-refractivity contribution < 1.29 is 9.53 Å². The second-order valence-corrected chi connectivity index (χ2v) is 6.33. The van der Waals surface area contributed by atoms with Crippen LogP contribution < -0.4 is 10.2 Å². The Morgan fingerprint density at radius 2 is 1.92 bits per heavy atom. The van der Waals surface area contributed by atoms with Gasteiger partial charge in [-0.1, -0.05) is 12.1 Å². The average molecular weight is 355 g/mol. The fourth-order valence-corrected chi connectivity index (χ4v) is 2.97. The van der Waals surface area contributed by atoms with Gasteiger partial charge in [0.05, 0.1) is 12.2 Å². The quantitative estimate of drug-likeness (QED) is 0.797. The van der Waals surface area contributed by atoms with Crippen LogP contribution in [0.4, 0.5) is 11.6 Å². The minimum atomic E-state index is -0.0164. The molecule has 0 atom stereocenters. The molecule has 3 rings (SSSR count). The molecular weight excluding hydrogens is 330 g/mol. The highest BCUT2D eigenvalue weighted by Crippen LogP contribution is 2.18. The molecular formula is C19H25N5O2. The van der Waals surface area contributed by atoms with Crippen molar-refractivity contribution >= 4 is 17.5 Å². The van der Waals surface area contributed by atoms with E-state index >= 15 is 0 Å². The summed E-state index contributed by atoms with van der Waals surface area (Å²) in [5.41, 5.74) is 2.98. The van der Waals surface area contributed by atoms with Gasteiger partial charge in [0.2, 0.25) is 5.95 Å². The summed E-state index contributed by atoms with van der Waals surface area (Å²) >= 11 is 0. The van der Waals surface area contributed by atoms with Crippen LogP contribution in [0.25, 0.3) is 0 Å². The lowest BCUT2D eigenvalue weighted by Crippen LogP contribution is -2.48. The molecule has 1 aliphatic heterocycles. The Bertz CT molecular complexity index is 727. The van der Waals surface area contributed by atoms with E-state index in [0.29, 0.717) is 37.8 Å². The van der Waals surface area contributed by atoms with Crippen LogP contribution in [0.1, 0.15) is 15.9 Å². The molecule has 1 fully saturated rings. The number of rotatable bonds is 6. The van der Waals surface area contributed by atoms with Gasteiger partial charge in [-0.05, 0) is 24.6 Å². The van der Waals surface area contributed by atoms with Gasteiger partial charge in [-0.25, -0.2) is 9.97 Å². The first-order valence-electron chi connectivity index (χ1n) is 8.83. The maximum Gasteiger partial charge on any atom is 0.257 e. The molecule has 7 nitrogen and oxygen atoms in total. The molecule has 0 aliphatic carbocycles. The average Bonchev–Trinajstić information content (AvgIpc) is 2.68. The second-order valence-electron chi connectivity index (χ2n) is 6.33. The molecule has 1 saturated heterocycles. The molecule has 1 N–H and O–H groups in total. The number of hydrogen-bond acceptors (Lipinski definition) is 6. The minimum Gasteiger partial charge on any atom is -0.383 e. The monoisotopic (exact) mass is 355 g/mol. The van der Waals surface area contributed by atoms with Crippen molar-refractivity contribution in [2.75, 3.05) is 56.7 Å². The normalized spacial score (nSPS) is 14.4. The molecule has 1 aliphatic rings. The Hall–Kier alpha value is -2.67. The van der Waals surface area contributed by atoms with Crippen LogP contribution in [0.5, 0.6) is 0 Å². The number of aromatic nitrogens is 2. The van der Waals surface area contributed by atoms with Crippen LogP contribution in [0.2, 0.25) is 0 Å². The van der Waals surface area contributed by atoms with Crippen molar-refractivity contribution in [1.29, 1.82) is 0 Å². The zero-order chi connectivity index (χ0) is 18.4. The molecule has 0 radical (unpaired) electrons. The topological polar surface area (TPSA) is 70.6 Å². The fourth-order valence-electron chi connectivity index (χ4n) is 2.97. The standard InChI is InChI=1S/C19H25N5O2/c1-15-4-3-5-17(12-15)23-7-9-24(10-8-23)18(25)16-13-21-19(22-14-16)20-6-11-26-2/h3-5,12-14H,6-11H2,1-2H3,(H,20,21,22). The summed E-state index contributed by atoms with van der Waals surface area (Å²) in [6.07, 6.45) is 3.16. The Labute approximate surface area is 154 Å². The van der Waals surface area contributed by atoms with Gasteiger partial charge < -0.3 is 19.9 Å². The third-order valence-electron chi connectivity index (χ3n) is 4.42. The summed E-state index contributed by atoms with van der Waals surface area (Å²) in [6.45, 7) is 6.34. The number of nitrogens with one attached hydrogen (secondary N) is 1. The summed E-state index contributed by atoms with van der Waals surface area (Å²) in [5, 5.41) is 3.04. The van der Waals surface area contributed by atoms with Gasteiger partial charge >= 0.3 is 0 Å². The fraction of sp³-hybridized carbons (Fsp3) is 0.421. The van der Waals surface area contributed by atoms with Crippen molar-refractivity contribution in [2.24, 2.45) is 0 Å². The highest BCUT2D eigenvalue weighted by Gasteiger charge is 2.22. The first-order chi connectivity index (χ1) is 12.7. The van der Waals surface area contributed by atoms with Gasteiger partial charge in [0, 0.05) is 57.9 Å². The van der Waals surface area contributed by atoms with Gasteiger partial charge in [-0.15, -0.1) is 0 Å². The molecule has 1 aromatic carbocycles.